The van der Waals surface area contributed by atoms with Gasteiger partial charge < -0.3 is 25.3 Å². The zero-order valence-corrected chi connectivity index (χ0v) is 19.6. The number of nitrogens with zero attached hydrogens (tertiary/aromatic N) is 4. The van der Waals surface area contributed by atoms with Crippen molar-refractivity contribution >= 4 is 43.7 Å². The first kappa shape index (κ1) is 21.0. The molecule has 5 atom stereocenters. The minimum atomic E-state index is -1.29. The maximum absolute atomic E-state index is 11.4. The minimum Gasteiger partial charge on any atom is -0.385 e. The Morgan fingerprint density at radius 3 is 2.97 bits per heavy atom. The van der Waals surface area contributed by atoms with Gasteiger partial charge in [0.15, 0.2) is 6.23 Å². The number of aromatic nitrogens is 4. The highest BCUT2D eigenvalue weighted by molar-refractivity contribution is 9.10. The number of benzene rings is 1. The molecule has 6 rings (SSSR count). The number of hydrogen-bond acceptors (Lipinski definition) is 7. The molecule has 170 valence electrons. The molecule has 4 heterocycles. The first-order valence-corrected chi connectivity index (χ1v) is 11.8. The summed E-state index contributed by atoms with van der Waals surface area (Å²) >= 11 is 3.42. The standard InChI is InChI=1S/C24H24BrN5O3/c1-12-16-5-7-30(22(16)28-11-27-12)23-19(31)24(32)6-4-15(20(24)33-23)8-13-2-3-14-10-17(25)21(26)29-18(14)9-13/h2-3,5,7,9-11,15,19-20,23,31-32H,4,6,8H2,1H3,(H2,26,29)/t15?,19-,20+,23+,24-/m0/s1. The van der Waals surface area contributed by atoms with Gasteiger partial charge in [-0.05, 0) is 71.8 Å². The fourth-order valence-corrected chi connectivity index (χ4v) is 5.83. The third kappa shape index (κ3) is 3.18. The zero-order valence-electron chi connectivity index (χ0n) is 18.0. The Balaban J connectivity index is 1.29. The molecule has 1 aliphatic heterocycles. The number of ether oxygens (including phenoxy) is 1. The predicted octanol–water partition coefficient (Wildman–Crippen LogP) is 3.27. The van der Waals surface area contributed by atoms with Crippen LogP contribution in [0.25, 0.3) is 21.9 Å². The van der Waals surface area contributed by atoms with Gasteiger partial charge in [0, 0.05) is 17.0 Å². The summed E-state index contributed by atoms with van der Waals surface area (Å²) in [5.41, 5.74) is 8.15. The van der Waals surface area contributed by atoms with Gasteiger partial charge in [-0.2, -0.15) is 0 Å². The number of anilines is 1. The SMILES string of the molecule is Cc1ncnc2c1ccn2[C@@H]1O[C@@H]2C(Cc3ccc4cc(Br)c(N)nc4c3)CC[C@]2(O)[C@H]1O. The van der Waals surface area contributed by atoms with Gasteiger partial charge in [-0.1, -0.05) is 12.1 Å². The van der Waals surface area contributed by atoms with E-state index in [-0.39, 0.29) is 5.92 Å². The monoisotopic (exact) mass is 509 g/mol. The maximum atomic E-state index is 11.4. The average molecular weight is 510 g/mol. The Morgan fingerprint density at radius 2 is 2.12 bits per heavy atom. The first-order valence-electron chi connectivity index (χ1n) is 11.0. The van der Waals surface area contributed by atoms with E-state index in [1.165, 1.54) is 6.33 Å². The number of hydrogen-bond donors (Lipinski definition) is 3. The number of aliphatic hydroxyl groups is 2. The van der Waals surface area contributed by atoms with Crippen LogP contribution >= 0.6 is 15.9 Å². The molecular formula is C24H24BrN5O3. The van der Waals surface area contributed by atoms with Crippen molar-refractivity contribution in [3.8, 4) is 0 Å². The number of rotatable bonds is 3. The molecule has 8 nitrogen and oxygen atoms in total. The molecule has 0 radical (unpaired) electrons. The van der Waals surface area contributed by atoms with Gasteiger partial charge >= 0.3 is 0 Å². The van der Waals surface area contributed by atoms with Crippen molar-refractivity contribution in [2.45, 2.75) is 50.2 Å². The van der Waals surface area contributed by atoms with E-state index in [4.69, 9.17) is 10.5 Å². The molecule has 1 unspecified atom stereocenters. The van der Waals surface area contributed by atoms with E-state index in [0.29, 0.717) is 24.3 Å². The first-order chi connectivity index (χ1) is 15.8. The lowest BCUT2D eigenvalue weighted by molar-refractivity contribution is -0.0675. The van der Waals surface area contributed by atoms with Crippen molar-refractivity contribution in [2.24, 2.45) is 5.92 Å². The van der Waals surface area contributed by atoms with E-state index >= 15 is 0 Å². The van der Waals surface area contributed by atoms with Crippen LogP contribution in [0.3, 0.4) is 0 Å². The van der Waals surface area contributed by atoms with Gasteiger partial charge in [0.1, 0.15) is 29.5 Å². The maximum Gasteiger partial charge on any atom is 0.164 e. The largest absolute Gasteiger partial charge is 0.385 e. The van der Waals surface area contributed by atoms with Crippen LogP contribution in [0.5, 0.6) is 0 Å². The van der Waals surface area contributed by atoms with Crippen molar-refractivity contribution in [1.29, 1.82) is 0 Å². The zero-order chi connectivity index (χ0) is 22.9. The van der Waals surface area contributed by atoms with Crippen LogP contribution < -0.4 is 5.73 Å². The number of aliphatic hydroxyl groups excluding tert-OH is 1. The number of aryl methyl sites for hydroxylation is 1. The van der Waals surface area contributed by atoms with E-state index in [1.807, 2.05) is 42.0 Å². The topological polar surface area (TPSA) is 119 Å². The van der Waals surface area contributed by atoms with Crippen molar-refractivity contribution in [3.63, 3.8) is 0 Å². The summed E-state index contributed by atoms with van der Waals surface area (Å²) in [7, 11) is 0. The molecule has 1 saturated heterocycles. The van der Waals surface area contributed by atoms with Crippen molar-refractivity contribution in [1.82, 2.24) is 19.5 Å². The molecular weight excluding hydrogens is 486 g/mol. The van der Waals surface area contributed by atoms with Crippen molar-refractivity contribution < 1.29 is 14.9 Å². The molecule has 0 amide bonds. The second-order valence-electron chi connectivity index (χ2n) is 9.19. The van der Waals surface area contributed by atoms with Gasteiger partial charge in [0.05, 0.1) is 21.8 Å². The van der Waals surface area contributed by atoms with Crippen LogP contribution in [0.2, 0.25) is 0 Å². The molecule has 2 fully saturated rings. The highest BCUT2D eigenvalue weighted by atomic mass is 79.9. The normalized spacial score (nSPS) is 29.2. The Kier molecular flexibility index (Phi) is 4.74. The van der Waals surface area contributed by atoms with Crippen LogP contribution in [0.15, 0.2) is 47.3 Å². The van der Waals surface area contributed by atoms with Gasteiger partial charge in [-0.3, -0.25) is 0 Å². The number of nitrogens with two attached hydrogens (primary N) is 1. The predicted molar refractivity (Wildman–Crippen MR) is 127 cm³/mol. The van der Waals surface area contributed by atoms with Crippen molar-refractivity contribution in [3.05, 3.63) is 58.6 Å². The average Bonchev–Trinajstić information content (AvgIpc) is 3.42. The summed E-state index contributed by atoms with van der Waals surface area (Å²) in [5, 5.41) is 24.5. The third-order valence-corrected chi connectivity index (χ3v) is 7.88. The number of fused-ring (bicyclic) bond motifs is 3. The summed E-state index contributed by atoms with van der Waals surface area (Å²) in [4.78, 5) is 13.1. The molecule has 2 aliphatic rings. The molecule has 4 aromatic rings. The summed E-state index contributed by atoms with van der Waals surface area (Å²) in [6.07, 6.45) is 3.10. The molecule has 1 saturated carbocycles. The van der Waals surface area contributed by atoms with E-state index in [1.54, 1.807) is 0 Å². The van der Waals surface area contributed by atoms with Crippen LogP contribution in [0, 0.1) is 12.8 Å². The van der Waals surface area contributed by atoms with Crippen LogP contribution in [-0.2, 0) is 11.2 Å². The summed E-state index contributed by atoms with van der Waals surface area (Å²) < 4.78 is 8.95. The fraction of sp³-hybridized carbons (Fsp3) is 0.375. The number of pyridine rings is 1. The van der Waals surface area contributed by atoms with E-state index < -0.39 is 24.0 Å². The highest BCUT2D eigenvalue weighted by Gasteiger charge is 2.61. The van der Waals surface area contributed by atoms with Crippen molar-refractivity contribution in [2.75, 3.05) is 5.73 Å². The third-order valence-electron chi connectivity index (χ3n) is 7.25. The van der Waals surface area contributed by atoms with Crippen LogP contribution in [0.1, 0.15) is 30.3 Å². The van der Waals surface area contributed by atoms with Gasteiger partial charge in [-0.15, -0.1) is 0 Å². The second-order valence-corrected chi connectivity index (χ2v) is 10.0. The Morgan fingerprint density at radius 1 is 1.27 bits per heavy atom. The molecule has 9 heteroatoms. The minimum absolute atomic E-state index is 0.0677. The summed E-state index contributed by atoms with van der Waals surface area (Å²) in [6.45, 7) is 1.92. The van der Waals surface area contributed by atoms with Gasteiger partial charge in [-0.25, -0.2) is 15.0 Å². The smallest absolute Gasteiger partial charge is 0.164 e. The Bertz CT molecular complexity index is 1390. The quantitative estimate of drug-likeness (QED) is 0.387. The fourth-order valence-electron chi connectivity index (χ4n) is 5.50. The van der Waals surface area contributed by atoms with E-state index in [9.17, 15) is 10.2 Å². The molecule has 3 aromatic heterocycles. The van der Waals surface area contributed by atoms with Gasteiger partial charge in [0.25, 0.3) is 0 Å². The lowest BCUT2D eigenvalue weighted by Gasteiger charge is -2.26. The second kappa shape index (κ2) is 7.46. The van der Waals surface area contributed by atoms with Crippen LogP contribution in [-0.4, -0.2) is 47.5 Å². The van der Waals surface area contributed by atoms with E-state index in [2.05, 4.69) is 36.9 Å². The lowest BCUT2D eigenvalue weighted by Crippen LogP contribution is -2.45. The Hall–Kier alpha value is -2.59. The molecule has 0 spiro atoms. The number of nitrogen functional groups attached to an aromatic ring is 1. The van der Waals surface area contributed by atoms with Crippen LogP contribution in [0.4, 0.5) is 5.82 Å². The molecule has 1 aromatic carbocycles. The summed E-state index contributed by atoms with van der Waals surface area (Å²) in [5.74, 6) is 0.524. The lowest BCUT2D eigenvalue weighted by atomic mass is 9.90. The summed E-state index contributed by atoms with van der Waals surface area (Å²) in [6, 6.07) is 10.0. The number of halogens is 1. The Labute approximate surface area is 198 Å². The highest BCUT2D eigenvalue weighted by Crippen LogP contribution is 2.50. The molecule has 0 bridgehead atoms. The molecule has 4 N–H and O–H groups in total. The molecule has 1 aliphatic carbocycles. The van der Waals surface area contributed by atoms with Gasteiger partial charge in [0.2, 0.25) is 0 Å². The van der Waals surface area contributed by atoms with E-state index in [0.717, 1.165) is 38.4 Å². The molecule has 33 heavy (non-hydrogen) atoms.